The van der Waals surface area contributed by atoms with E-state index in [2.05, 4.69) is 26.9 Å². The predicted octanol–water partition coefficient (Wildman–Crippen LogP) is 5.27. The third kappa shape index (κ3) is 6.67. The Bertz CT molecular complexity index is 1030. The number of carbonyl (C=O) groups is 1. The monoisotopic (exact) mass is 485 g/mol. The number of urea groups is 1. The van der Waals surface area contributed by atoms with Crippen molar-refractivity contribution in [3.05, 3.63) is 59.7 Å². The number of piperidine rings is 1. The molecule has 6 nitrogen and oxygen atoms in total. The van der Waals surface area contributed by atoms with Gasteiger partial charge < -0.3 is 20.9 Å². The highest BCUT2D eigenvalue weighted by Gasteiger charge is 2.31. The standard InChI is InChI=1S/C26H30F3N5O/c27-26(28,29)19-9-11-20(12-10-19)32-25(35)33-24-6-2-1-5-23(24)31-21-4-3-15-34(17-21)22-13-7-18(16-30)8-14-22/h7-14,21,23-24,31H,1-6,15,17H2,(H2,32,33,35)/t21-,23+,24+/m0/s1. The zero-order chi connectivity index (χ0) is 24.8. The normalized spacial score (nSPS) is 22.8. The molecule has 186 valence electrons. The van der Waals surface area contributed by atoms with Crippen molar-refractivity contribution in [1.82, 2.24) is 10.6 Å². The maximum Gasteiger partial charge on any atom is 0.416 e. The Balaban J connectivity index is 1.32. The molecule has 1 aliphatic heterocycles. The summed E-state index contributed by atoms with van der Waals surface area (Å²) in [6.07, 6.45) is 1.61. The molecule has 3 atom stereocenters. The van der Waals surface area contributed by atoms with Gasteiger partial charge in [0.2, 0.25) is 0 Å². The van der Waals surface area contributed by atoms with E-state index in [4.69, 9.17) is 5.26 Å². The Morgan fingerprint density at radius 2 is 1.63 bits per heavy atom. The van der Waals surface area contributed by atoms with Crippen LogP contribution in [0.4, 0.5) is 29.3 Å². The van der Waals surface area contributed by atoms with Gasteiger partial charge in [-0.3, -0.25) is 0 Å². The minimum Gasteiger partial charge on any atom is -0.370 e. The van der Waals surface area contributed by atoms with Crippen LogP contribution < -0.4 is 20.9 Å². The zero-order valence-electron chi connectivity index (χ0n) is 19.4. The lowest BCUT2D eigenvalue weighted by molar-refractivity contribution is -0.137. The number of amides is 2. The molecule has 1 aliphatic carbocycles. The molecule has 4 rings (SSSR count). The van der Waals surface area contributed by atoms with E-state index in [0.717, 1.165) is 69.4 Å². The Labute approximate surface area is 203 Å². The molecule has 2 aliphatic rings. The third-order valence-electron chi connectivity index (χ3n) is 6.79. The van der Waals surface area contributed by atoms with E-state index < -0.39 is 17.8 Å². The Kier molecular flexibility index (Phi) is 7.81. The number of nitriles is 1. The highest BCUT2D eigenvalue weighted by atomic mass is 19.4. The highest BCUT2D eigenvalue weighted by molar-refractivity contribution is 5.89. The Morgan fingerprint density at radius 3 is 2.29 bits per heavy atom. The van der Waals surface area contributed by atoms with Crippen molar-refractivity contribution in [3.63, 3.8) is 0 Å². The van der Waals surface area contributed by atoms with Gasteiger partial charge in [-0.15, -0.1) is 0 Å². The number of benzene rings is 2. The molecular formula is C26H30F3N5O. The summed E-state index contributed by atoms with van der Waals surface area (Å²) < 4.78 is 38.3. The minimum absolute atomic E-state index is 0.0523. The maximum absolute atomic E-state index is 12.8. The van der Waals surface area contributed by atoms with Crippen LogP contribution in [-0.4, -0.2) is 37.2 Å². The highest BCUT2D eigenvalue weighted by Crippen LogP contribution is 2.30. The molecule has 2 fully saturated rings. The van der Waals surface area contributed by atoms with Crippen LogP contribution in [0.25, 0.3) is 0 Å². The topological polar surface area (TPSA) is 80.2 Å². The van der Waals surface area contributed by atoms with Crippen molar-refractivity contribution >= 4 is 17.4 Å². The molecule has 3 N–H and O–H groups in total. The lowest BCUT2D eigenvalue weighted by Gasteiger charge is -2.40. The fourth-order valence-electron chi connectivity index (χ4n) is 4.98. The maximum atomic E-state index is 12.8. The summed E-state index contributed by atoms with van der Waals surface area (Å²) >= 11 is 0. The van der Waals surface area contributed by atoms with Crippen LogP contribution in [0.1, 0.15) is 49.7 Å². The van der Waals surface area contributed by atoms with Crippen LogP contribution in [0, 0.1) is 11.3 Å². The zero-order valence-corrected chi connectivity index (χ0v) is 19.4. The van der Waals surface area contributed by atoms with E-state index >= 15 is 0 Å². The first-order valence-corrected chi connectivity index (χ1v) is 12.1. The van der Waals surface area contributed by atoms with Crippen molar-refractivity contribution in [2.45, 2.75) is 62.8 Å². The summed E-state index contributed by atoms with van der Waals surface area (Å²) in [6, 6.07) is 14.2. The number of alkyl halides is 3. The van der Waals surface area contributed by atoms with Gasteiger partial charge >= 0.3 is 12.2 Å². The van der Waals surface area contributed by atoms with Gasteiger partial charge in [-0.2, -0.15) is 18.4 Å². The van der Waals surface area contributed by atoms with Gasteiger partial charge in [0.05, 0.1) is 17.2 Å². The summed E-state index contributed by atoms with van der Waals surface area (Å²) in [5, 5.41) is 18.5. The number of hydrogen-bond acceptors (Lipinski definition) is 4. The first kappa shape index (κ1) is 24.9. The van der Waals surface area contributed by atoms with E-state index in [-0.39, 0.29) is 18.1 Å². The molecule has 0 spiro atoms. The molecule has 0 aromatic heterocycles. The molecule has 9 heteroatoms. The summed E-state index contributed by atoms with van der Waals surface area (Å²) in [4.78, 5) is 14.9. The van der Waals surface area contributed by atoms with Crippen LogP contribution >= 0.6 is 0 Å². The number of nitrogens with zero attached hydrogens (tertiary/aromatic N) is 2. The largest absolute Gasteiger partial charge is 0.416 e. The second-order valence-corrected chi connectivity index (χ2v) is 9.28. The van der Waals surface area contributed by atoms with E-state index in [1.165, 1.54) is 12.1 Å². The van der Waals surface area contributed by atoms with Crippen molar-refractivity contribution in [2.75, 3.05) is 23.3 Å². The molecular weight excluding hydrogens is 455 g/mol. The van der Waals surface area contributed by atoms with Crippen molar-refractivity contribution in [2.24, 2.45) is 0 Å². The van der Waals surface area contributed by atoms with Gasteiger partial charge in [0.15, 0.2) is 0 Å². The summed E-state index contributed by atoms with van der Waals surface area (Å²) in [5.41, 5.74) is 1.32. The average Bonchev–Trinajstić information content (AvgIpc) is 2.85. The second-order valence-electron chi connectivity index (χ2n) is 9.28. The molecule has 2 amide bonds. The third-order valence-corrected chi connectivity index (χ3v) is 6.79. The fourth-order valence-corrected chi connectivity index (χ4v) is 4.98. The number of halogens is 3. The van der Waals surface area contributed by atoms with Gasteiger partial charge in [0, 0.05) is 42.6 Å². The van der Waals surface area contributed by atoms with E-state index in [1.807, 2.05) is 24.3 Å². The Morgan fingerprint density at radius 1 is 0.943 bits per heavy atom. The summed E-state index contributed by atoms with van der Waals surface area (Å²) in [6.45, 7) is 1.82. The Hall–Kier alpha value is -3.25. The van der Waals surface area contributed by atoms with E-state index in [9.17, 15) is 18.0 Å². The van der Waals surface area contributed by atoms with E-state index in [1.54, 1.807) is 0 Å². The number of anilines is 2. The van der Waals surface area contributed by atoms with Crippen LogP contribution in [0.5, 0.6) is 0 Å². The van der Waals surface area contributed by atoms with Crippen LogP contribution in [0.15, 0.2) is 48.5 Å². The van der Waals surface area contributed by atoms with Crippen molar-refractivity contribution < 1.29 is 18.0 Å². The predicted molar refractivity (Wildman–Crippen MR) is 129 cm³/mol. The molecule has 1 heterocycles. The number of hydrogen-bond donors (Lipinski definition) is 3. The molecule has 2 aromatic carbocycles. The molecule has 1 saturated heterocycles. The smallest absolute Gasteiger partial charge is 0.370 e. The first-order valence-electron chi connectivity index (χ1n) is 12.1. The molecule has 0 unspecified atom stereocenters. The van der Waals surface area contributed by atoms with Crippen LogP contribution in [0.3, 0.4) is 0 Å². The quantitative estimate of drug-likeness (QED) is 0.539. The number of carbonyl (C=O) groups excluding carboxylic acids is 1. The second kappa shape index (κ2) is 11.0. The van der Waals surface area contributed by atoms with Crippen LogP contribution in [0.2, 0.25) is 0 Å². The van der Waals surface area contributed by atoms with Gasteiger partial charge in [-0.1, -0.05) is 12.8 Å². The average molecular weight is 486 g/mol. The molecule has 0 radical (unpaired) electrons. The molecule has 2 aromatic rings. The van der Waals surface area contributed by atoms with E-state index in [0.29, 0.717) is 11.3 Å². The minimum atomic E-state index is -4.41. The van der Waals surface area contributed by atoms with Crippen LogP contribution in [-0.2, 0) is 6.18 Å². The fraction of sp³-hybridized carbons (Fsp3) is 0.462. The van der Waals surface area contributed by atoms with Crippen molar-refractivity contribution in [3.8, 4) is 6.07 Å². The van der Waals surface area contributed by atoms with Gasteiger partial charge in [-0.05, 0) is 74.2 Å². The first-order chi connectivity index (χ1) is 16.8. The molecule has 35 heavy (non-hydrogen) atoms. The van der Waals surface area contributed by atoms with Gasteiger partial charge in [-0.25, -0.2) is 4.79 Å². The summed E-state index contributed by atoms with van der Waals surface area (Å²) in [7, 11) is 0. The SMILES string of the molecule is N#Cc1ccc(N2CCC[C@H](N[C@@H]3CCCC[C@H]3NC(=O)Nc3ccc(C(F)(F)F)cc3)C2)cc1. The number of rotatable bonds is 5. The lowest BCUT2D eigenvalue weighted by atomic mass is 9.89. The molecule has 0 bridgehead atoms. The van der Waals surface area contributed by atoms with Gasteiger partial charge in [0.1, 0.15) is 0 Å². The van der Waals surface area contributed by atoms with Gasteiger partial charge in [0.25, 0.3) is 0 Å². The number of nitrogens with one attached hydrogen (secondary N) is 3. The van der Waals surface area contributed by atoms with Crippen molar-refractivity contribution in [1.29, 1.82) is 5.26 Å². The molecule has 1 saturated carbocycles. The lowest BCUT2D eigenvalue weighted by Crippen LogP contribution is -2.57. The summed E-state index contributed by atoms with van der Waals surface area (Å²) in [5.74, 6) is 0.